The summed E-state index contributed by atoms with van der Waals surface area (Å²) in [6.07, 6.45) is 4.57. The lowest BCUT2D eigenvalue weighted by Crippen LogP contribution is -2.53. The molecule has 4 rings (SSSR count). The third kappa shape index (κ3) is 6.02. The summed E-state index contributed by atoms with van der Waals surface area (Å²) in [5.41, 5.74) is 1.35. The smallest absolute Gasteiger partial charge is 0.304 e. The van der Waals surface area contributed by atoms with E-state index in [4.69, 9.17) is 11.6 Å². The molecule has 196 valence electrons. The molecular formula is C26H36ClN5O3S. The fourth-order valence-corrected chi connectivity index (χ4v) is 6.23. The van der Waals surface area contributed by atoms with Crippen molar-refractivity contribution in [3.8, 4) is 0 Å². The highest BCUT2D eigenvalue weighted by molar-refractivity contribution is 7.87. The van der Waals surface area contributed by atoms with Crippen molar-refractivity contribution in [2.24, 2.45) is 5.92 Å². The van der Waals surface area contributed by atoms with Gasteiger partial charge in [-0.15, -0.1) is 0 Å². The van der Waals surface area contributed by atoms with Gasteiger partial charge in [-0.25, -0.2) is 9.71 Å². The average Bonchev–Trinajstić information content (AvgIpc) is 3.12. The first-order valence-corrected chi connectivity index (χ1v) is 14.4. The monoisotopic (exact) mass is 533 g/mol. The van der Waals surface area contributed by atoms with E-state index in [1.165, 1.54) is 9.87 Å². The quantitative estimate of drug-likeness (QED) is 0.558. The van der Waals surface area contributed by atoms with Gasteiger partial charge in [0.2, 0.25) is 0 Å². The average molecular weight is 534 g/mol. The van der Waals surface area contributed by atoms with Gasteiger partial charge in [-0.3, -0.25) is 4.79 Å². The van der Waals surface area contributed by atoms with E-state index in [1.807, 2.05) is 24.3 Å². The summed E-state index contributed by atoms with van der Waals surface area (Å²) in [5.74, 6) is 0.325. The molecule has 10 heteroatoms. The maximum atomic E-state index is 13.1. The highest BCUT2D eigenvalue weighted by Crippen LogP contribution is 2.38. The minimum Gasteiger partial charge on any atom is -0.351 e. The molecule has 1 atom stereocenters. The van der Waals surface area contributed by atoms with Crippen LogP contribution in [0.4, 0.5) is 5.82 Å². The van der Waals surface area contributed by atoms with E-state index >= 15 is 0 Å². The molecule has 8 nitrogen and oxygen atoms in total. The molecule has 0 saturated carbocycles. The zero-order valence-corrected chi connectivity index (χ0v) is 22.9. The normalized spacial score (nSPS) is 21.0. The van der Waals surface area contributed by atoms with Crippen LogP contribution in [-0.4, -0.2) is 73.3 Å². The molecule has 2 fully saturated rings. The Hall–Kier alpha value is -2.20. The number of nitrogens with zero attached hydrogens (tertiary/aromatic N) is 4. The molecule has 2 aliphatic rings. The number of carbonyl (C=O) groups excluding carboxylic acids is 1. The fraction of sp³-hybridized carbons (Fsp3) is 0.538. The Bertz CT molecular complexity index is 1160. The number of nitrogens with one attached hydrogen (secondary N) is 1. The molecule has 0 radical (unpaired) electrons. The summed E-state index contributed by atoms with van der Waals surface area (Å²) in [6.45, 7) is 10.1. The van der Waals surface area contributed by atoms with Gasteiger partial charge in [-0.2, -0.15) is 12.7 Å². The summed E-state index contributed by atoms with van der Waals surface area (Å²) >= 11 is 5.94. The molecule has 0 bridgehead atoms. The van der Waals surface area contributed by atoms with Crippen LogP contribution in [0.3, 0.4) is 0 Å². The highest BCUT2D eigenvalue weighted by Gasteiger charge is 2.41. The third-order valence-corrected chi connectivity index (χ3v) is 9.46. The Kier molecular flexibility index (Phi) is 8.24. The standard InChI is InChI=1S/C26H36ClN5O3S/c1-20-12-15-32(26(20,2)3)24-23(7-4-13-28-24)25(33)29-36(34,35)31-18-16-30(17-19-31)14-5-6-21-8-10-22(27)11-9-21/h4,7-11,13,20H,5-6,12,14-19H2,1-3H3,(H,29,33). The molecule has 1 aromatic heterocycles. The molecule has 1 N–H and O–H groups in total. The van der Waals surface area contributed by atoms with Crippen LogP contribution in [0.2, 0.25) is 5.02 Å². The van der Waals surface area contributed by atoms with Crippen LogP contribution in [0.15, 0.2) is 42.6 Å². The summed E-state index contributed by atoms with van der Waals surface area (Å²) in [7, 11) is -3.95. The number of rotatable bonds is 8. The SMILES string of the molecule is CC1CCN(c2ncccc2C(=O)NS(=O)(=O)N2CCN(CCCc3ccc(Cl)cc3)CC2)C1(C)C. The van der Waals surface area contributed by atoms with Crippen molar-refractivity contribution >= 4 is 33.5 Å². The molecule has 1 amide bonds. The molecule has 36 heavy (non-hydrogen) atoms. The zero-order chi connectivity index (χ0) is 25.9. The van der Waals surface area contributed by atoms with Gasteiger partial charge in [0.1, 0.15) is 5.82 Å². The number of pyridine rings is 1. The molecule has 3 heterocycles. The Morgan fingerprint density at radius 3 is 2.44 bits per heavy atom. The lowest BCUT2D eigenvalue weighted by Gasteiger charge is -2.36. The molecule has 2 aromatic rings. The van der Waals surface area contributed by atoms with Gasteiger partial charge in [-0.1, -0.05) is 30.7 Å². The Morgan fingerprint density at radius 2 is 1.81 bits per heavy atom. The third-order valence-electron chi connectivity index (χ3n) is 7.72. The van der Waals surface area contributed by atoms with E-state index in [0.717, 1.165) is 37.4 Å². The molecule has 2 saturated heterocycles. The van der Waals surface area contributed by atoms with E-state index in [1.54, 1.807) is 18.3 Å². The Labute approximate surface area is 219 Å². The van der Waals surface area contributed by atoms with Crippen LogP contribution in [0, 0.1) is 5.92 Å². The number of carbonyl (C=O) groups is 1. The second kappa shape index (κ2) is 11.0. The first-order valence-electron chi connectivity index (χ1n) is 12.6. The summed E-state index contributed by atoms with van der Waals surface area (Å²) in [5, 5.41) is 0.734. The summed E-state index contributed by atoms with van der Waals surface area (Å²) in [4.78, 5) is 22.0. The maximum absolute atomic E-state index is 13.1. The van der Waals surface area contributed by atoms with E-state index in [0.29, 0.717) is 37.9 Å². The number of piperazine rings is 1. The second-order valence-corrected chi connectivity index (χ2v) is 12.4. The van der Waals surface area contributed by atoms with E-state index in [-0.39, 0.29) is 11.1 Å². The van der Waals surface area contributed by atoms with Gasteiger partial charge in [0, 0.05) is 49.5 Å². The van der Waals surface area contributed by atoms with Gasteiger partial charge in [0.05, 0.1) is 5.56 Å². The molecule has 2 aliphatic heterocycles. The van der Waals surface area contributed by atoms with Crippen LogP contribution in [-0.2, 0) is 16.6 Å². The number of benzene rings is 1. The van der Waals surface area contributed by atoms with E-state index < -0.39 is 16.1 Å². The van der Waals surface area contributed by atoms with Crippen LogP contribution in [0.5, 0.6) is 0 Å². The second-order valence-electron chi connectivity index (χ2n) is 10.3. The topological polar surface area (TPSA) is 85.8 Å². The molecule has 1 aromatic carbocycles. The van der Waals surface area contributed by atoms with Gasteiger partial charge < -0.3 is 9.80 Å². The van der Waals surface area contributed by atoms with Gasteiger partial charge >= 0.3 is 10.2 Å². The minimum absolute atomic E-state index is 0.174. The van der Waals surface area contributed by atoms with Crippen molar-refractivity contribution in [2.75, 3.05) is 44.2 Å². The minimum atomic E-state index is -3.95. The van der Waals surface area contributed by atoms with Gasteiger partial charge in [0.15, 0.2) is 0 Å². The first-order chi connectivity index (χ1) is 17.1. The van der Waals surface area contributed by atoms with Crippen molar-refractivity contribution in [1.29, 1.82) is 0 Å². The zero-order valence-electron chi connectivity index (χ0n) is 21.3. The first kappa shape index (κ1) is 26.9. The number of anilines is 1. The Balaban J connectivity index is 1.32. The van der Waals surface area contributed by atoms with Crippen LogP contribution >= 0.6 is 11.6 Å². The molecule has 0 aliphatic carbocycles. The van der Waals surface area contributed by atoms with Crippen molar-refractivity contribution in [3.05, 3.63) is 58.7 Å². The van der Waals surface area contributed by atoms with Crippen molar-refractivity contribution in [3.63, 3.8) is 0 Å². The molecule has 1 unspecified atom stereocenters. The highest BCUT2D eigenvalue weighted by atomic mass is 35.5. The largest absolute Gasteiger partial charge is 0.351 e. The van der Waals surface area contributed by atoms with E-state index in [9.17, 15) is 13.2 Å². The maximum Gasteiger partial charge on any atom is 0.304 e. The predicted molar refractivity (Wildman–Crippen MR) is 144 cm³/mol. The Morgan fingerprint density at radius 1 is 1.11 bits per heavy atom. The van der Waals surface area contributed by atoms with Crippen LogP contribution in [0.25, 0.3) is 0 Å². The van der Waals surface area contributed by atoms with Gasteiger partial charge in [-0.05, 0) is 75.4 Å². The number of halogens is 1. The number of aryl methyl sites for hydroxylation is 1. The summed E-state index contributed by atoms with van der Waals surface area (Å²) < 4.78 is 29.7. The number of hydrogen-bond acceptors (Lipinski definition) is 6. The number of aromatic nitrogens is 1. The van der Waals surface area contributed by atoms with Crippen LogP contribution < -0.4 is 9.62 Å². The van der Waals surface area contributed by atoms with Crippen LogP contribution in [0.1, 0.15) is 49.5 Å². The van der Waals surface area contributed by atoms with Gasteiger partial charge in [0.25, 0.3) is 5.91 Å². The fourth-order valence-electron chi connectivity index (χ4n) is 4.99. The molecule has 0 spiro atoms. The summed E-state index contributed by atoms with van der Waals surface area (Å²) in [6, 6.07) is 11.2. The lowest BCUT2D eigenvalue weighted by molar-refractivity contribution is 0.0977. The van der Waals surface area contributed by atoms with E-state index in [2.05, 4.69) is 40.3 Å². The van der Waals surface area contributed by atoms with Crippen molar-refractivity contribution in [2.45, 2.75) is 45.6 Å². The lowest BCUT2D eigenvalue weighted by atomic mass is 9.90. The number of amides is 1. The number of hydrogen-bond donors (Lipinski definition) is 1. The molecular weight excluding hydrogens is 498 g/mol. The van der Waals surface area contributed by atoms with Crippen molar-refractivity contribution in [1.82, 2.24) is 18.9 Å². The van der Waals surface area contributed by atoms with Crippen molar-refractivity contribution < 1.29 is 13.2 Å². The predicted octanol–water partition coefficient (Wildman–Crippen LogP) is 3.58.